The van der Waals surface area contributed by atoms with Gasteiger partial charge in [-0.2, -0.15) is 0 Å². The van der Waals surface area contributed by atoms with E-state index in [0.29, 0.717) is 0 Å². The van der Waals surface area contributed by atoms with E-state index >= 15 is 0 Å². The van der Waals surface area contributed by atoms with Gasteiger partial charge >= 0.3 is 8.56 Å². The van der Waals surface area contributed by atoms with E-state index in [4.69, 9.17) is 8.23 Å². The lowest BCUT2D eigenvalue weighted by Crippen LogP contribution is -2.44. The predicted octanol–water partition coefficient (Wildman–Crippen LogP) is 2.86. The van der Waals surface area contributed by atoms with Crippen LogP contribution in [0.15, 0.2) is 0 Å². The third-order valence-electron chi connectivity index (χ3n) is 2.10. The van der Waals surface area contributed by atoms with Crippen molar-refractivity contribution in [3.05, 3.63) is 0 Å². The van der Waals surface area contributed by atoms with Gasteiger partial charge in [0.05, 0.1) is 0 Å². The van der Waals surface area contributed by atoms with Crippen LogP contribution < -0.4 is 0 Å². The van der Waals surface area contributed by atoms with E-state index < -0.39 is 26.6 Å². The van der Waals surface area contributed by atoms with E-state index in [1.54, 1.807) is 0 Å². The molecule has 0 bridgehead atoms. The van der Waals surface area contributed by atoms with Crippen molar-refractivity contribution in [2.75, 3.05) is 0 Å². The van der Waals surface area contributed by atoms with Gasteiger partial charge in [-0.25, -0.2) is 0 Å². The zero-order valence-corrected chi connectivity index (χ0v) is 14.1. The second-order valence-corrected chi connectivity index (χ2v) is 14.9. The number of rotatable bonds is 6. The number of hydrogen-bond acceptors (Lipinski definition) is 2. The van der Waals surface area contributed by atoms with Crippen molar-refractivity contribution < 1.29 is 8.23 Å². The standard InChI is InChI=1S/C9H26O2Si3/c1-8-13(9(2)3)11-14(6,7)10-12(4)5/h9,12-13H,8H2,1-7H3. The molecule has 0 aliphatic carbocycles. The molecule has 0 spiro atoms. The van der Waals surface area contributed by atoms with Crippen molar-refractivity contribution in [2.45, 2.75) is 58.5 Å². The van der Waals surface area contributed by atoms with E-state index in [-0.39, 0.29) is 0 Å². The molecule has 0 heterocycles. The van der Waals surface area contributed by atoms with Gasteiger partial charge in [-0.15, -0.1) is 0 Å². The summed E-state index contributed by atoms with van der Waals surface area (Å²) in [5, 5.41) is 0. The highest BCUT2D eigenvalue weighted by Gasteiger charge is 2.30. The second-order valence-electron chi connectivity index (χ2n) is 4.88. The SMILES string of the molecule is CC[SiH](O[Si](C)(C)O[SiH](C)C)C(C)C. The van der Waals surface area contributed by atoms with Crippen LogP contribution in [-0.2, 0) is 8.23 Å². The summed E-state index contributed by atoms with van der Waals surface area (Å²) in [7, 11) is -3.74. The Bertz CT molecular complexity index is 160. The monoisotopic (exact) mass is 250 g/mol. The molecule has 0 aliphatic heterocycles. The second kappa shape index (κ2) is 6.22. The molecule has 14 heavy (non-hydrogen) atoms. The maximum Gasteiger partial charge on any atom is 0.310 e. The Morgan fingerprint density at radius 1 is 1.14 bits per heavy atom. The summed E-state index contributed by atoms with van der Waals surface area (Å²) in [6.45, 7) is 15.6. The first-order chi connectivity index (χ1) is 6.28. The average Bonchev–Trinajstić information content (AvgIpc) is 1.97. The summed E-state index contributed by atoms with van der Waals surface area (Å²) >= 11 is 0. The first kappa shape index (κ1) is 14.6. The summed E-state index contributed by atoms with van der Waals surface area (Å²) in [5.41, 5.74) is 0.726. The fourth-order valence-corrected chi connectivity index (χ4v) is 12.5. The van der Waals surface area contributed by atoms with E-state index in [0.717, 1.165) is 5.54 Å². The van der Waals surface area contributed by atoms with Gasteiger partial charge in [-0.1, -0.05) is 20.8 Å². The fraction of sp³-hybridized carbons (Fsp3) is 1.00. The van der Waals surface area contributed by atoms with Crippen LogP contribution >= 0.6 is 0 Å². The molecule has 0 fully saturated rings. The van der Waals surface area contributed by atoms with Gasteiger partial charge in [-0.3, -0.25) is 0 Å². The molecule has 1 atom stereocenters. The fourth-order valence-electron chi connectivity index (χ4n) is 1.65. The van der Waals surface area contributed by atoms with Gasteiger partial charge in [-0.05, 0) is 37.8 Å². The van der Waals surface area contributed by atoms with Crippen LogP contribution in [0.2, 0.25) is 37.8 Å². The first-order valence-electron chi connectivity index (χ1n) is 5.64. The molecule has 0 saturated carbocycles. The Kier molecular flexibility index (Phi) is 6.47. The quantitative estimate of drug-likeness (QED) is 0.675. The zero-order valence-electron chi connectivity index (χ0n) is 10.8. The maximum atomic E-state index is 6.25. The van der Waals surface area contributed by atoms with Crippen molar-refractivity contribution in [2.24, 2.45) is 0 Å². The topological polar surface area (TPSA) is 18.5 Å². The molecule has 86 valence electrons. The minimum Gasteiger partial charge on any atom is -0.440 e. The third kappa shape index (κ3) is 6.13. The maximum absolute atomic E-state index is 6.25. The summed E-state index contributed by atoms with van der Waals surface area (Å²) in [5.74, 6) is 0. The van der Waals surface area contributed by atoms with Crippen LogP contribution in [-0.4, -0.2) is 26.6 Å². The molecule has 5 heteroatoms. The van der Waals surface area contributed by atoms with Crippen LogP contribution in [0.5, 0.6) is 0 Å². The van der Waals surface area contributed by atoms with E-state index in [1.807, 2.05) is 0 Å². The van der Waals surface area contributed by atoms with Gasteiger partial charge < -0.3 is 8.23 Å². The summed E-state index contributed by atoms with van der Waals surface area (Å²) in [6.07, 6.45) is 0. The normalized spacial score (nSPS) is 15.2. The van der Waals surface area contributed by atoms with E-state index in [2.05, 4.69) is 47.0 Å². The van der Waals surface area contributed by atoms with Gasteiger partial charge in [0, 0.05) is 0 Å². The molecular formula is C9H26O2Si3. The molecule has 0 aliphatic rings. The van der Waals surface area contributed by atoms with Gasteiger partial charge in [0.2, 0.25) is 0 Å². The van der Waals surface area contributed by atoms with Crippen LogP contribution in [0.4, 0.5) is 0 Å². The lowest BCUT2D eigenvalue weighted by Gasteiger charge is -2.31. The molecule has 2 nitrogen and oxygen atoms in total. The highest BCUT2D eigenvalue weighted by molar-refractivity contribution is 6.78. The summed E-state index contributed by atoms with van der Waals surface area (Å²) in [6, 6.07) is 1.22. The van der Waals surface area contributed by atoms with Crippen LogP contribution in [0, 0.1) is 0 Å². The van der Waals surface area contributed by atoms with Crippen LogP contribution in [0.1, 0.15) is 20.8 Å². The number of hydrogen-bond donors (Lipinski definition) is 0. The predicted molar refractivity (Wildman–Crippen MR) is 71.3 cm³/mol. The highest BCUT2D eigenvalue weighted by atomic mass is 28.5. The lowest BCUT2D eigenvalue weighted by atomic mass is 10.6. The molecule has 0 aromatic carbocycles. The van der Waals surface area contributed by atoms with Crippen molar-refractivity contribution in [1.29, 1.82) is 0 Å². The molecule has 1 unspecified atom stereocenters. The molecule has 0 aromatic rings. The molecule has 0 aromatic heterocycles. The smallest absolute Gasteiger partial charge is 0.310 e. The lowest BCUT2D eigenvalue weighted by molar-refractivity contribution is 0.405. The Morgan fingerprint density at radius 2 is 1.64 bits per heavy atom. The minimum atomic E-state index is -1.79. The van der Waals surface area contributed by atoms with Crippen molar-refractivity contribution in [1.82, 2.24) is 0 Å². The largest absolute Gasteiger partial charge is 0.440 e. The van der Waals surface area contributed by atoms with Crippen molar-refractivity contribution in [3.63, 3.8) is 0 Å². The molecule has 0 saturated heterocycles. The van der Waals surface area contributed by atoms with E-state index in [1.165, 1.54) is 6.04 Å². The summed E-state index contributed by atoms with van der Waals surface area (Å²) in [4.78, 5) is 0. The van der Waals surface area contributed by atoms with Crippen molar-refractivity contribution in [3.8, 4) is 0 Å². The van der Waals surface area contributed by atoms with Gasteiger partial charge in [0.15, 0.2) is 18.1 Å². The Morgan fingerprint density at radius 3 is 1.93 bits per heavy atom. The Hall–Kier alpha value is 0.571. The average molecular weight is 251 g/mol. The van der Waals surface area contributed by atoms with Crippen LogP contribution in [0.3, 0.4) is 0 Å². The Balaban J connectivity index is 4.17. The highest BCUT2D eigenvalue weighted by Crippen LogP contribution is 2.19. The van der Waals surface area contributed by atoms with Crippen LogP contribution in [0.25, 0.3) is 0 Å². The zero-order chi connectivity index (χ0) is 11.4. The third-order valence-corrected chi connectivity index (χ3v) is 12.0. The molecule has 0 N–H and O–H groups in total. The molecule has 0 amide bonds. The first-order valence-corrected chi connectivity index (χ1v) is 13.2. The summed E-state index contributed by atoms with van der Waals surface area (Å²) < 4.78 is 12.3. The molecular weight excluding hydrogens is 224 g/mol. The van der Waals surface area contributed by atoms with Gasteiger partial charge in [0.1, 0.15) is 0 Å². The van der Waals surface area contributed by atoms with Crippen molar-refractivity contribution >= 4 is 26.6 Å². The van der Waals surface area contributed by atoms with Gasteiger partial charge in [0.25, 0.3) is 0 Å². The minimum absolute atomic E-state index is 0.726. The molecule has 0 radical (unpaired) electrons. The van der Waals surface area contributed by atoms with E-state index in [9.17, 15) is 0 Å². The Labute approximate surface area is 93.7 Å². The molecule has 0 rings (SSSR count).